The fourth-order valence-electron chi connectivity index (χ4n) is 2.80. The molecule has 2 N–H and O–H groups in total. The lowest BCUT2D eigenvalue weighted by atomic mass is 10.1. The van der Waals surface area contributed by atoms with Crippen LogP contribution in [0.2, 0.25) is 5.02 Å². The number of nitrogens with one attached hydrogen (secondary N) is 1. The van der Waals surface area contributed by atoms with Crippen molar-refractivity contribution in [3.63, 3.8) is 0 Å². The van der Waals surface area contributed by atoms with Gasteiger partial charge >= 0.3 is 0 Å². The van der Waals surface area contributed by atoms with Gasteiger partial charge in [0.25, 0.3) is 0 Å². The number of ether oxygens (including phenoxy) is 1. The van der Waals surface area contributed by atoms with Gasteiger partial charge in [-0.25, -0.2) is 0 Å². The molecular weight excluding hydrogens is 404 g/mol. The molecule has 6 heteroatoms. The van der Waals surface area contributed by atoms with Gasteiger partial charge in [-0.05, 0) is 42.3 Å². The van der Waals surface area contributed by atoms with Crippen molar-refractivity contribution in [1.29, 1.82) is 0 Å². The van der Waals surface area contributed by atoms with Gasteiger partial charge in [0.05, 0.1) is 24.3 Å². The second-order valence-corrected chi connectivity index (χ2v) is 7.08. The van der Waals surface area contributed by atoms with Gasteiger partial charge < -0.3 is 15.2 Å². The van der Waals surface area contributed by atoms with Crippen LogP contribution < -0.4 is 10.1 Å². The molecule has 0 aliphatic carbocycles. The number of hydrogen-bond donors (Lipinski definition) is 2. The predicted molar refractivity (Wildman–Crippen MR) is 105 cm³/mol. The van der Waals surface area contributed by atoms with Crippen molar-refractivity contribution in [2.45, 2.75) is 20.1 Å². The SMILES string of the molecule is COc1ccc(CNc2c(C)cnc3c(CO)cc(Br)cc23)cc1Cl. The van der Waals surface area contributed by atoms with Crippen molar-refractivity contribution in [2.75, 3.05) is 12.4 Å². The second-order valence-electron chi connectivity index (χ2n) is 5.76. The van der Waals surface area contributed by atoms with Gasteiger partial charge in [0.2, 0.25) is 0 Å². The molecule has 1 heterocycles. The van der Waals surface area contributed by atoms with Crippen LogP contribution in [0.1, 0.15) is 16.7 Å². The van der Waals surface area contributed by atoms with Crippen LogP contribution in [0.4, 0.5) is 5.69 Å². The lowest BCUT2D eigenvalue weighted by Crippen LogP contribution is -2.04. The Morgan fingerprint density at radius 2 is 2.08 bits per heavy atom. The molecule has 0 radical (unpaired) electrons. The molecule has 0 saturated carbocycles. The van der Waals surface area contributed by atoms with Crippen LogP contribution in [0.5, 0.6) is 5.75 Å². The number of aryl methyl sites for hydroxylation is 1. The summed E-state index contributed by atoms with van der Waals surface area (Å²) in [5, 5.41) is 14.6. The molecule has 25 heavy (non-hydrogen) atoms. The van der Waals surface area contributed by atoms with E-state index in [1.54, 1.807) is 7.11 Å². The number of pyridine rings is 1. The summed E-state index contributed by atoms with van der Waals surface area (Å²) >= 11 is 9.71. The average Bonchev–Trinajstić information content (AvgIpc) is 2.60. The molecule has 3 aromatic rings. The Morgan fingerprint density at radius 1 is 1.28 bits per heavy atom. The smallest absolute Gasteiger partial charge is 0.137 e. The number of anilines is 1. The summed E-state index contributed by atoms with van der Waals surface area (Å²) in [7, 11) is 1.60. The Balaban J connectivity index is 1.97. The van der Waals surface area contributed by atoms with E-state index in [1.165, 1.54) is 0 Å². The van der Waals surface area contributed by atoms with E-state index in [2.05, 4.69) is 26.2 Å². The van der Waals surface area contributed by atoms with Crippen LogP contribution >= 0.6 is 27.5 Å². The Morgan fingerprint density at radius 3 is 2.76 bits per heavy atom. The highest BCUT2D eigenvalue weighted by atomic mass is 79.9. The van der Waals surface area contributed by atoms with Gasteiger partial charge in [-0.3, -0.25) is 4.98 Å². The highest BCUT2D eigenvalue weighted by Gasteiger charge is 2.11. The van der Waals surface area contributed by atoms with Crippen LogP contribution in [-0.4, -0.2) is 17.2 Å². The fourth-order valence-corrected chi connectivity index (χ4v) is 3.59. The number of nitrogens with zero attached hydrogens (tertiary/aromatic N) is 1. The summed E-state index contributed by atoms with van der Waals surface area (Å²) in [5.74, 6) is 0.660. The van der Waals surface area contributed by atoms with Crippen LogP contribution in [0, 0.1) is 6.92 Å². The summed E-state index contributed by atoms with van der Waals surface area (Å²) < 4.78 is 6.10. The summed E-state index contributed by atoms with van der Waals surface area (Å²) in [5.41, 5.74) is 4.67. The molecule has 0 saturated heterocycles. The van der Waals surface area contributed by atoms with E-state index < -0.39 is 0 Å². The molecule has 0 unspecified atom stereocenters. The van der Waals surface area contributed by atoms with Crippen LogP contribution in [0.25, 0.3) is 10.9 Å². The Hall–Kier alpha value is -1.82. The largest absolute Gasteiger partial charge is 0.495 e. The molecule has 0 atom stereocenters. The van der Waals surface area contributed by atoms with E-state index in [9.17, 15) is 5.11 Å². The van der Waals surface area contributed by atoms with Gasteiger partial charge in [-0.2, -0.15) is 0 Å². The van der Waals surface area contributed by atoms with E-state index in [0.717, 1.165) is 37.8 Å². The maximum Gasteiger partial charge on any atom is 0.137 e. The molecule has 0 fully saturated rings. The molecule has 3 rings (SSSR count). The minimum atomic E-state index is -0.0560. The number of aliphatic hydroxyl groups excluding tert-OH is 1. The zero-order valence-electron chi connectivity index (χ0n) is 13.9. The molecule has 1 aromatic heterocycles. The molecule has 130 valence electrons. The van der Waals surface area contributed by atoms with Gasteiger partial charge in [-0.15, -0.1) is 0 Å². The molecule has 4 nitrogen and oxygen atoms in total. The van der Waals surface area contributed by atoms with Crippen molar-refractivity contribution < 1.29 is 9.84 Å². The zero-order chi connectivity index (χ0) is 18.0. The third-order valence-corrected chi connectivity index (χ3v) is 4.81. The number of fused-ring (bicyclic) bond motifs is 1. The third kappa shape index (κ3) is 3.73. The van der Waals surface area contributed by atoms with Gasteiger partial charge in [0, 0.05) is 33.9 Å². The first-order valence-electron chi connectivity index (χ1n) is 7.78. The van der Waals surface area contributed by atoms with E-state index >= 15 is 0 Å². The number of hydrogen-bond acceptors (Lipinski definition) is 4. The molecule has 0 aliphatic heterocycles. The first-order valence-corrected chi connectivity index (χ1v) is 8.95. The Labute approximate surface area is 159 Å². The maximum atomic E-state index is 9.60. The first kappa shape index (κ1) is 18.0. The number of benzene rings is 2. The fraction of sp³-hybridized carbons (Fsp3) is 0.211. The number of methoxy groups -OCH3 is 1. The number of aliphatic hydroxyl groups is 1. The lowest BCUT2D eigenvalue weighted by molar-refractivity contribution is 0.283. The topological polar surface area (TPSA) is 54.4 Å². The monoisotopic (exact) mass is 420 g/mol. The molecule has 0 bridgehead atoms. The number of rotatable bonds is 5. The number of halogens is 2. The van der Waals surface area contributed by atoms with E-state index in [0.29, 0.717) is 17.3 Å². The minimum Gasteiger partial charge on any atom is -0.495 e. The lowest BCUT2D eigenvalue weighted by Gasteiger charge is -2.15. The minimum absolute atomic E-state index is 0.0560. The quantitative estimate of drug-likeness (QED) is 0.604. The van der Waals surface area contributed by atoms with Crippen LogP contribution in [0.3, 0.4) is 0 Å². The maximum absolute atomic E-state index is 9.60. The van der Waals surface area contributed by atoms with Gasteiger partial charge in [-0.1, -0.05) is 33.6 Å². The summed E-state index contributed by atoms with van der Waals surface area (Å²) in [6.45, 7) is 2.57. The van der Waals surface area contributed by atoms with E-state index in [1.807, 2.05) is 43.5 Å². The van der Waals surface area contributed by atoms with Crippen molar-refractivity contribution in [2.24, 2.45) is 0 Å². The molecular formula is C19H18BrClN2O2. The van der Waals surface area contributed by atoms with Crippen molar-refractivity contribution in [3.8, 4) is 5.75 Å². The molecule has 0 aliphatic rings. The van der Waals surface area contributed by atoms with E-state index in [-0.39, 0.29) is 6.61 Å². The highest BCUT2D eigenvalue weighted by molar-refractivity contribution is 9.10. The predicted octanol–water partition coefficient (Wildman–Crippen LogP) is 5.07. The summed E-state index contributed by atoms with van der Waals surface area (Å²) in [6, 6.07) is 9.62. The normalized spacial score (nSPS) is 10.9. The van der Waals surface area contributed by atoms with Gasteiger partial charge in [0.1, 0.15) is 5.75 Å². The zero-order valence-corrected chi connectivity index (χ0v) is 16.3. The second kappa shape index (κ2) is 7.60. The van der Waals surface area contributed by atoms with E-state index in [4.69, 9.17) is 16.3 Å². The average molecular weight is 422 g/mol. The summed E-state index contributed by atoms with van der Waals surface area (Å²) in [6.07, 6.45) is 1.82. The third-order valence-electron chi connectivity index (χ3n) is 4.06. The molecule has 0 amide bonds. The standard InChI is InChI=1S/C19H18BrClN2O2/c1-11-8-22-19-13(10-24)6-14(20)7-15(19)18(11)23-9-12-3-4-17(25-2)16(21)5-12/h3-8,24H,9-10H2,1-2H3,(H,22,23). The molecule has 2 aromatic carbocycles. The number of aromatic nitrogens is 1. The first-order chi connectivity index (χ1) is 12.0. The van der Waals surface area contributed by atoms with Crippen LogP contribution in [0.15, 0.2) is 41.0 Å². The molecule has 0 spiro atoms. The van der Waals surface area contributed by atoms with Crippen molar-refractivity contribution >= 4 is 44.1 Å². The van der Waals surface area contributed by atoms with Crippen LogP contribution in [-0.2, 0) is 13.2 Å². The Bertz CT molecular complexity index is 931. The Kier molecular flexibility index (Phi) is 5.47. The van der Waals surface area contributed by atoms with Crippen molar-refractivity contribution in [1.82, 2.24) is 4.98 Å². The van der Waals surface area contributed by atoms with Crippen molar-refractivity contribution in [3.05, 3.63) is 62.7 Å². The highest BCUT2D eigenvalue weighted by Crippen LogP contribution is 2.32. The summed E-state index contributed by atoms with van der Waals surface area (Å²) in [4.78, 5) is 4.49. The van der Waals surface area contributed by atoms with Gasteiger partial charge in [0.15, 0.2) is 0 Å².